The minimum Gasteiger partial charge on any atom is -0.756 e. The maximum atomic E-state index is 10.4. The molecule has 0 heterocycles. The molecule has 0 radical (unpaired) electrons. The number of rotatable bonds is 8. The van der Waals surface area contributed by atoms with Gasteiger partial charge in [-0.25, -0.2) is 0 Å². The Morgan fingerprint density at radius 1 is 0.684 bits per heavy atom. The first-order valence-corrected chi connectivity index (χ1v) is 8.36. The molecule has 0 aromatic heterocycles. The zero-order chi connectivity index (χ0) is 14.7. The molecule has 8 nitrogen and oxygen atoms in total. The normalized spacial score (nSPS) is 11.3. The largest absolute Gasteiger partial charge is 2.00 e. The van der Waals surface area contributed by atoms with Gasteiger partial charge in [0.1, 0.15) is 0 Å². The summed E-state index contributed by atoms with van der Waals surface area (Å²) < 4.78 is 37.8. The molecule has 0 aliphatic heterocycles. The van der Waals surface area contributed by atoms with E-state index in [0.29, 0.717) is 0 Å². The maximum Gasteiger partial charge on any atom is 2.00 e. The number of phosphoric acid groups is 2. The standard InChI is InChI=1S/2C4H11O4P.Ni/c2*1-3-7-9(5,6)8-4-2;/h2*3-4H2,1-2H3,(H,5,6);/q;;+2/p-2. The minimum absolute atomic E-state index is 0. The molecule has 0 saturated carbocycles. The van der Waals surface area contributed by atoms with Crippen LogP contribution in [-0.2, 0) is 43.7 Å². The van der Waals surface area contributed by atoms with E-state index in [1.165, 1.54) is 0 Å². The van der Waals surface area contributed by atoms with Crippen LogP contribution in [-0.4, -0.2) is 26.4 Å². The summed E-state index contributed by atoms with van der Waals surface area (Å²) in [5.41, 5.74) is 0. The average molecular weight is 365 g/mol. The van der Waals surface area contributed by atoms with E-state index in [2.05, 4.69) is 18.1 Å². The van der Waals surface area contributed by atoms with E-state index in [9.17, 15) is 18.9 Å². The molecule has 11 heteroatoms. The van der Waals surface area contributed by atoms with Crippen molar-refractivity contribution < 1.29 is 53.5 Å². The predicted octanol–water partition coefficient (Wildman–Crippen LogP) is 1.05. The van der Waals surface area contributed by atoms with E-state index in [1.54, 1.807) is 27.7 Å². The molecule has 0 rings (SSSR count). The Kier molecular flexibility index (Phi) is 17.8. The van der Waals surface area contributed by atoms with Crippen molar-refractivity contribution in [1.29, 1.82) is 0 Å². The molecule has 120 valence electrons. The van der Waals surface area contributed by atoms with Crippen LogP contribution in [0.4, 0.5) is 0 Å². The van der Waals surface area contributed by atoms with E-state index in [-0.39, 0.29) is 42.9 Å². The van der Waals surface area contributed by atoms with E-state index >= 15 is 0 Å². The SMILES string of the molecule is CCOP(=O)([O-])OCC.CCOP(=O)([O-])OCC.[Ni+2]. The molecule has 0 aliphatic rings. The van der Waals surface area contributed by atoms with Gasteiger partial charge in [-0.2, -0.15) is 0 Å². The monoisotopic (exact) mass is 364 g/mol. The molecular weight excluding hydrogens is 345 g/mol. The molecule has 0 fully saturated rings. The molecule has 0 N–H and O–H groups in total. The van der Waals surface area contributed by atoms with Crippen LogP contribution in [0.25, 0.3) is 0 Å². The first kappa shape index (κ1) is 24.7. The van der Waals surface area contributed by atoms with Gasteiger partial charge in [0.25, 0.3) is 15.6 Å². The van der Waals surface area contributed by atoms with Crippen molar-refractivity contribution >= 4 is 15.6 Å². The number of hydrogen-bond donors (Lipinski definition) is 0. The number of phosphoric ester groups is 2. The first-order chi connectivity index (χ1) is 8.24. The third-order valence-corrected chi connectivity index (χ3v) is 3.45. The molecular formula is C8H20NiO8P2. The van der Waals surface area contributed by atoms with Gasteiger partial charge in [0.15, 0.2) is 0 Å². The molecule has 0 aliphatic carbocycles. The fraction of sp³-hybridized carbons (Fsp3) is 1.00. The van der Waals surface area contributed by atoms with Crippen molar-refractivity contribution in [1.82, 2.24) is 0 Å². The summed E-state index contributed by atoms with van der Waals surface area (Å²) in [6.45, 7) is 6.85. The summed E-state index contributed by atoms with van der Waals surface area (Å²) in [4.78, 5) is 20.8. The molecule has 0 atom stereocenters. The fourth-order valence-corrected chi connectivity index (χ4v) is 2.12. The predicted molar refractivity (Wildman–Crippen MR) is 61.7 cm³/mol. The zero-order valence-corrected chi connectivity index (χ0v) is 14.1. The quantitative estimate of drug-likeness (QED) is 0.463. The Bertz CT molecular complexity index is 240. The molecule has 0 aromatic rings. The van der Waals surface area contributed by atoms with Crippen LogP contribution in [0.2, 0.25) is 0 Å². The van der Waals surface area contributed by atoms with E-state index < -0.39 is 15.6 Å². The van der Waals surface area contributed by atoms with Gasteiger partial charge in [-0.05, 0) is 27.7 Å². The van der Waals surface area contributed by atoms with Crippen molar-refractivity contribution in [3.8, 4) is 0 Å². The van der Waals surface area contributed by atoms with Gasteiger partial charge in [-0.1, -0.05) is 0 Å². The molecule has 0 unspecified atom stereocenters. The van der Waals surface area contributed by atoms with Crippen molar-refractivity contribution in [2.45, 2.75) is 27.7 Å². The van der Waals surface area contributed by atoms with E-state index in [0.717, 1.165) is 0 Å². The smallest absolute Gasteiger partial charge is 0.756 e. The second kappa shape index (κ2) is 13.7. The van der Waals surface area contributed by atoms with Crippen LogP contribution < -0.4 is 9.79 Å². The summed E-state index contributed by atoms with van der Waals surface area (Å²) in [5.74, 6) is 0. The van der Waals surface area contributed by atoms with Crippen LogP contribution in [0.3, 0.4) is 0 Å². The van der Waals surface area contributed by atoms with Gasteiger partial charge in [-0.3, -0.25) is 9.13 Å². The van der Waals surface area contributed by atoms with E-state index in [1.807, 2.05) is 0 Å². The molecule has 0 spiro atoms. The van der Waals surface area contributed by atoms with Crippen LogP contribution in [0.5, 0.6) is 0 Å². The topological polar surface area (TPSA) is 117 Å². The Morgan fingerprint density at radius 2 is 0.842 bits per heavy atom. The molecule has 0 saturated heterocycles. The van der Waals surface area contributed by atoms with Crippen molar-refractivity contribution in [2.75, 3.05) is 26.4 Å². The Labute approximate surface area is 123 Å². The van der Waals surface area contributed by atoms with Gasteiger partial charge >= 0.3 is 16.5 Å². The van der Waals surface area contributed by atoms with Crippen LogP contribution >= 0.6 is 15.6 Å². The number of hydrogen-bond acceptors (Lipinski definition) is 8. The Balaban J connectivity index is -0.000000256. The van der Waals surface area contributed by atoms with Crippen LogP contribution in [0, 0.1) is 0 Å². The second-order valence-corrected chi connectivity index (χ2v) is 5.39. The first-order valence-electron chi connectivity index (χ1n) is 5.44. The zero-order valence-electron chi connectivity index (χ0n) is 11.3. The van der Waals surface area contributed by atoms with E-state index in [4.69, 9.17) is 0 Å². The summed E-state index contributed by atoms with van der Waals surface area (Å²) in [6, 6.07) is 0. The second-order valence-electron chi connectivity index (χ2n) is 2.57. The van der Waals surface area contributed by atoms with Crippen LogP contribution in [0.1, 0.15) is 27.7 Å². The maximum absolute atomic E-state index is 10.4. The van der Waals surface area contributed by atoms with Gasteiger partial charge in [0.05, 0.1) is 26.4 Å². The van der Waals surface area contributed by atoms with Crippen molar-refractivity contribution in [3.63, 3.8) is 0 Å². The molecule has 0 amide bonds. The van der Waals surface area contributed by atoms with Gasteiger partial charge < -0.3 is 27.9 Å². The Morgan fingerprint density at radius 3 is 0.947 bits per heavy atom. The molecule has 19 heavy (non-hydrogen) atoms. The summed E-state index contributed by atoms with van der Waals surface area (Å²) in [6.07, 6.45) is 0. The van der Waals surface area contributed by atoms with Gasteiger partial charge in [0.2, 0.25) is 0 Å². The third kappa shape index (κ3) is 18.7. The molecule has 0 bridgehead atoms. The third-order valence-electron chi connectivity index (χ3n) is 1.15. The van der Waals surface area contributed by atoms with Gasteiger partial charge in [-0.15, -0.1) is 0 Å². The minimum atomic E-state index is -3.94. The summed E-state index contributed by atoms with van der Waals surface area (Å²) in [5, 5.41) is 0. The average Bonchev–Trinajstić information content (AvgIpc) is 2.17. The van der Waals surface area contributed by atoms with Crippen LogP contribution in [0.15, 0.2) is 0 Å². The Hall–Kier alpha value is 0.714. The molecule has 0 aromatic carbocycles. The fourth-order valence-electron chi connectivity index (χ4n) is 0.707. The van der Waals surface area contributed by atoms with Gasteiger partial charge in [0, 0.05) is 0 Å². The van der Waals surface area contributed by atoms with Crippen molar-refractivity contribution in [3.05, 3.63) is 0 Å². The summed E-state index contributed by atoms with van der Waals surface area (Å²) >= 11 is 0. The summed E-state index contributed by atoms with van der Waals surface area (Å²) in [7, 11) is -7.89. The van der Waals surface area contributed by atoms with Crippen molar-refractivity contribution in [2.24, 2.45) is 0 Å².